The summed E-state index contributed by atoms with van der Waals surface area (Å²) in [4.78, 5) is 24.9. The van der Waals surface area contributed by atoms with Gasteiger partial charge in [-0.1, -0.05) is 61.5 Å². The maximum absolute atomic E-state index is 12.6. The summed E-state index contributed by atoms with van der Waals surface area (Å²) in [5.74, 6) is -0.878. The highest BCUT2D eigenvalue weighted by atomic mass is 16.5. The molecule has 31 heavy (non-hydrogen) atoms. The van der Waals surface area contributed by atoms with Crippen LogP contribution in [-0.2, 0) is 22.5 Å². The van der Waals surface area contributed by atoms with Gasteiger partial charge >= 0.3 is 5.97 Å². The summed E-state index contributed by atoms with van der Waals surface area (Å²) in [6.45, 7) is 7.84. The van der Waals surface area contributed by atoms with Crippen molar-refractivity contribution < 1.29 is 14.3 Å². The van der Waals surface area contributed by atoms with Gasteiger partial charge in [0.1, 0.15) is 5.56 Å². The Bertz CT molecular complexity index is 1040. The second-order valence-electron chi connectivity index (χ2n) is 7.65. The van der Waals surface area contributed by atoms with Gasteiger partial charge < -0.3 is 10.1 Å². The van der Waals surface area contributed by atoms with Crippen molar-refractivity contribution in [3.8, 4) is 0 Å². The van der Waals surface area contributed by atoms with Gasteiger partial charge in [-0.2, -0.15) is 5.10 Å². The summed E-state index contributed by atoms with van der Waals surface area (Å²) < 4.78 is 7.07. The lowest BCUT2D eigenvalue weighted by Crippen LogP contribution is -2.31. The van der Waals surface area contributed by atoms with Crippen LogP contribution in [0.15, 0.2) is 54.6 Å². The van der Waals surface area contributed by atoms with Crippen molar-refractivity contribution in [1.82, 2.24) is 15.1 Å². The van der Waals surface area contributed by atoms with Gasteiger partial charge in [-0.25, -0.2) is 4.79 Å². The molecule has 0 saturated heterocycles. The quantitative estimate of drug-likeness (QED) is 0.557. The maximum Gasteiger partial charge on any atom is 0.342 e. The van der Waals surface area contributed by atoms with E-state index in [0.717, 1.165) is 23.2 Å². The molecule has 3 rings (SSSR count). The minimum atomic E-state index is -0.538. The highest BCUT2D eigenvalue weighted by molar-refractivity contribution is 5.93. The van der Waals surface area contributed by atoms with E-state index in [2.05, 4.69) is 29.5 Å². The number of ether oxygens (including phenoxy) is 1. The molecular formula is C25H29N3O3. The molecule has 3 aromatic rings. The lowest BCUT2D eigenvalue weighted by atomic mass is 10.1. The lowest BCUT2D eigenvalue weighted by Gasteiger charge is -2.15. The molecule has 0 aliphatic rings. The number of hydrogen-bond acceptors (Lipinski definition) is 4. The Morgan fingerprint density at radius 3 is 2.35 bits per heavy atom. The molecule has 1 heterocycles. The Balaban J connectivity index is 1.58. The standard InChI is InChI=1S/C25H29N3O3/c1-5-20-11-13-22(14-12-20)17(2)26-23(29)16-31-25(30)24-18(3)27-28(19(24)4)15-21-9-7-6-8-10-21/h6-14,17H,5,15-16H2,1-4H3,(H,26,29)/t17-/m0/s1. The topological polar surface area (TPSA) is 73.2 Å². The van der Waals surface area contributed by atoms with E-state index in [1.165, 1.54) is 5.56 Å². The molecule has 0 aliphatic carbocycles. The minimum absolute atomic E-state index is 0.172. The summed E-state index contributed by atoms with van der Waals surface area (Å²) >= 11 is 0. The van der Waals surface area contributed by atoms with Crippen LogP contribution in [0.25, 0.3) is 0 Å². The van der Waals surface area contributed by atoms with Gasteiger partial charge in [0.15, 0.2) is 6.61 Å². The second-order valence-corrected chi connectivity index (χ2v) is 7.65. The van der Waals surface area contributed by atoms with Gasteiger partial charge in [-0.3, -0.25) is 9.48 Å². The fourth-order valence-corrected chi connectivity index (χ4v) is 3.51. The lowest BCUT2D eigenvalue weighted by molar-refractivity contribution is -0.124. The second kappa shape index (κ2) is 10.1. The first kappa shape index (κ1) is 22.3. The fraction of sp³-hybridized carbons (Fsp3) is 0.320. The zero-order valence-electron chi connectivity index (χ0n) is 18.5. The molecule has 1 amide bonds. The molecule has 0 fully saturated rings. The number of rotatable bonds is 8. The Kier molecular flexibility index (Phi) is 7.23. The fourth-order valence-electron chi connectivity index (χ4n) is 3.51. The molecule has 0 radical (unpaired) electrons. The summed E-state index contributed by atoms with van der Waals surface area (Å²) in [5.41, 5.74) is 5.06. The number of esters is 1. The summed E-state index contributed by atoms with van der Waals surface area (Å²) in [5, 5.41) is 7.34. The number of nitrogens with zero attached hydrogens (tertiary/aromatic N) is 2. The molecule has 2 aromatic carbocycles. The van der Waals surface area contributed by atoms with Crippen molar-refractivity contribution in [1.29, 1.82) is 0 Å². The Hall–Kier alpha value is -3.41. The number of carbonyl (C=O) groups is 2. The number of aryl methyl sites for hydroxylation is 2. The maximum atomic E-state index is 12.6. The van der Waals surface area contributed by atoms with Crippen molar-refractivity contribution >= 4 is 11.9 Å². The Labute approximate surface area is 183 Å². The minimum Gasteiger partial charge on any atom is -0.452 e. The molecule has 6 heteroatoms. The zero-order valence-corrected chi connectivity index (χ0v) is 18.5. The van der Waals surface area contributed by atoms with E-state index >= 15 is 0 Å². The van der Waals surface area contributed by atoms with Crippen LogP contribution < -0.4 is 5.32 Å². The molecule has 0 aliphatic heterocycles. The van der Waals surface area contributed by atoms with Gasteiger partial charge in [-0.05, 0) is 43.9 Å². The van der Waals surface area contributed by atoms with Crippen molar-refractivity contribution in [2.24, 2.45) is 0 Å². The molecule has 0 saturated carbocycles. The molecular weight excluding hydrogens is 390 g/mol. The largest absolute Gasteiger partial charge is 0.452 e. The van der Waals surface area contributed by atoms with Crippen LogP contribution in [0.1, 0.15) is 58.3 Å². The van der Waals surface area contributed by atoms with Crippen molar-refractivity contribution in [2.75, 3.05) is 6.61 Å². The summed E-state index contributed by atoms with van der Waals surface area (Å²) in [6, 6.07) is 17.8. The average molecular weight is 420 g/mol. The van der Waals surface area contributed by atoms with Gasteiger partial charge in [0.2, 0.25) is 0 Å². The third-order valence-corrected chi connectivity index (χ3v) is 5.36. The zero-order chi connectivity index (χ0) is 22.4. The highest BCUT2D eigenvalue weighted by Crippen LogP contribution is 2.17. The number of aromatic nitrogens is 2. The van der Waals surface area contributed by atoms with E-state index in [1.807, 2.05) is 56.3 Å². The normalized spacial score (nSPS) is 11.7. The first-order chi connectivity index (χ1) is 14.9. The third kappa shape index (κ3) is 5.60. The van der Waals surface area contributed by atoms with Crippen molar-refractivity contribution in [3.05, 3.63) is 88.2 Å². The third-order valence-electron chi connectivity index (χ3n) is 5.36. The van der Waals surface area contributed by atoms with Crippen LogP contribution in [0.2, 0.25) is 0 Å². The Morgan fingerprint density at radius 2 is 1.71 bits per heavy atom. The molecule has 1 aromatic heterocycles. The van der Waals surface area contributed by atoms with Crippen LogP contribution in [0.4, 0.5) is 0 Å². The van der Waals surface area contributed by atoms with E-state index in [4.69, 9.17) is 4.74 Å². The number of benzene rings is 2. The first-order valence-corrected chi connectivity index (χ1v) is 10.5. The van der Waals surface area contributed by atoms with E-state index in [9.17, 15) is 9.59 Å². The number of carbonyl (C=O) groups excluding carboxylic acids is 2. The highest BCUT2D eigenvalue weighted by Gasteiger charge is 2.21. The Morgan fingerprint density at radius 1 is 1.03 bits per heavy atom. The summed E-state index contributed by atoms with van der Waals surface area (Å²) in [6.07, 6.45) is 0.970. The van der Waals surface area contributed by atoms with E-state index in [0.29, 0.717) is 17.8 Å². The number of hydrogen-bond donors (Lipinski definition) is 1. The van der Waals surface area contributed by atoms with Crippen LogP contribution in [0.3, 0.4) is 0 Å². The number of nitrogens with one attached hydrogen (secondary N) is 1. The predicted molar refractivity (Wildman–Crippen MR) is 120 cm³/mol. The summed E-state index contributed by atoms with van der Waals surface area (Å²) in [7, 11) is 0. The predicted octanol–water partition coefficient (Wildman–Crippen LogP) is 4.14. The monoisotopic (exact) mass is 419 g/mol. The molecule has 1 atom stereocenters. The van der Waals surface area contributed by atoms with Crippen molar-refractivity contribution in [2.45, 2.75) is 46.7 Å². The molecule has 0 bridgehead atoms. The van der Waals surface area contributed by atoms with Crippen LogP contribution in [-0.4, -0.2) is 28.3 Å². The van der Waals surface area contributed by atoms with Crippen LogP contribution in [0, 0.1) is 13.8 Å². The van der Waals surface area contributed by atoms with Gasteiger partial charge in [-0.15, -0.1) is 0 Å². The van der Waals surface area contributed by atoms with E-state index in [1.54, 1.807) is 11.6 Å². The molecule has 6 nitrogen and oxygen atoms in total. The molecule has 0 unspecified atom stereocenters. The average Bonchev–Trinajstić information content (AvgIpc) is 3.05. The van der Waals surface area contributed by atoms with Crippen molar-refractivity contribution in [3.63, 3.8) is 0 Å². The van der Waals surface area contributed by atoms with Crippen LogP contribution >= 0.6 is 0 Å². The molecule has 1 N–H and O–H groups in total. The van der Waals surface area contributed by atoms with Gasteiger partial charge in [0, 0.05) is 0 Å². The van der Waals surface area contributed by atoms with Crippen LogP contribution in [0.5, 0.6) is 0 Å². The van der Waals surface area contributed by atoms with E-state index in [-0.39, 0.29) is 18.6 Å². The first-order valence-electron chi connectivity index (χ1n) is 10.5. The van der Waals surface area contributed by atoms with Gasteiger partial charge in [0.05, 0.1) is 24.0 Å². The van der Waals surface area contributed by atoms with Gasteiger partial charge in [0.25, 0.3) is 5.91 Å². The molecule has 162 valence electrons. The molecule has 0 spiro atoms. The SMILES string of the molecule is CCc1ccc([C@H](C)NC(=O)COC(=O)c2c(C)nn(Cc3ccccc3)c2C)cc1. The number of amides is 1. The van der Waals surface area contributed by atoms with E-state index < -0.39 is 5.97 Å². The smallest absolute Gasteiger partial charge is 0.342 e.